The van der Waals surface area contributed by atoms with Gasteiger partial charge < -0.3 is 14.0 Å². The molecule has 19 heavy (non-hydrogen) atoms. The minimum Gasteiger partial charge on any atom is -0.345 e. The molecule has 7 heteroatoms. The number of halogens is 1. The van der Waals surface area contributed by atoms with E-state index in [1.807, 2.05) is 13.8 Å². The fraction of sp³-hybridized carbons (Fsp3) is 0.417. The van der Waals surface area contributed by atoms with Gasteiger partial charge in [-0.1, -0.05) is 5.16 Å². The summed E-state index contributed by atoms with van der Waals surface area (Å²) < 4.78 is 28.5. The van der Waals surface area contributed by atoms with Gasteiger partial charge in [0, 0.05) is 13.2 Å². The number of hydrogen-bond donors (Lipinski definition) is 0. The van der Waals surface area contributed by atoms with Crippen LogP contribution in [0.4, 0.5) is 4.39 Å². The zero-order valence-electron chi connectivity index (χ0n) is 10.7. The maximum Gasteiger partial charge on any atom is 0.284 e. The summed E-state index contributed by atoms with van der Waals surface area (Å²) in [5.74, 6) is 0.0539. The molecule has 0 aliphatic carbocycles. The van der Waals surface area contributed by atoms with Crippen LogP contribution in [0.1, 0.15) is 26.0 Å². The molecule has 0 amide bonds. The minimum atomic E-state index is -0.698. The van der Waals surface area contributed by atoms with Crippen LogP contribution in [0, 0.1) is 5.82 Å². The van der Waals surface area contributed by atoms with Gasteiger partial charge in [-0.3, -0.25) is 0 Å². The van der Waals surface area contributed by atoms with E-state index in [4.69, 9.17) is 14.0 Å². The Kier molecular flexibility index (Phi) is 4.53. The van der Waals surface area contributed by atoms with Crippen molar-refractivity contribution >= 4 is 0 Å². The van der Waals surface area contributed by atoms with E-state index in [-0.39, 0.29) is 11.7 Å². The predicted octanol–water partition coefficient (Wildman–Crippen LogP) is 2.34. The second-order valence-corrected chi connectivity index (χ2v) is 3.56. The first kappa shape index (κ1) is 13.6. The highest BCUT2D eigenvalue weighted by Gasteiger charge is 2.20. The van der Waals surface area contributed by atoms with E-state index in [1.54, 1.807) is 0 Å². The average molecular weight is 267 g/mol. The van der Waals surface area contributed by atoms with Crippen LogP contribution < -0.4 is 0 Å². The molecule has 6 nitrogen and oxygen atoms in total. The van der Waals surface area contributed by atoms with Crippen molar-refractivity contribution in [1.29, 1.82) is 0 Å². The maximum atomic E-state index is 12.8. The Morgan fingerprint density at radius 1 is 1.26 bits per heavy atom. The summed E-state index contributed by atoms with van der Waals surface area (Å²) in [7, 11) is 0. The monoisotopic (exact) mass is 267 g/mol. The van der Waals surface area contributed by atoms with Crippen LogP contribution >= 0.6 is 0 Å². The molecule has 0 unspecified atom stereocenters. The van der Waals surface area contributed by atoms with Crippen molar-refractivity contribution in [2.45, 2.75) is 20.1 Å². The summed E-state index contributed by atoms with van der Waals surface area (Å²) in [5.41, 5.74) is 0.420. The molecule has 0 spiro atoms. The summed E-state index contributed by atoms with van der Waals surface area (Å²) in [6.45, 7) is 4.59. The first-order chi connectivity index (χ1) is 9.24. The van der Waals surface area contributed by atoms with Gasteiger partial charge in [0.05, 0.1) is 6.20 Å². The lowest BCUT2D eigenvalue weighted by Gasteiger charge is -2.11. The predicted molar refractivity (Wildman–Crippen MR) is 63.5 cm³/mol. The molecule has 0 saturated heterocycles. The Balaban J connectivity index is 2.19. The summed E-state index contributed by atoms with van der Waals surface area (Å²) in [4.78, 5) is 8.01. The molecule has 0 saturated carbocycles. The lowest BCUT2D eigenvalue weighted by atomic mass is 10.3. The molecule has 0 radical (unpaired) electrons. The molecular formula is C12H14FN3O3. The molecule has 0 N–H and O–H groups in total. The van der Waals surface area contributed by atoms with Crippen molar-refractivity contribution in [3.05, 3.63) is 30.0 Å². The Hall–Kier alpha value is -1.86. The Morgan fingerprint density at radius 2 is 2.00 bits per heavy atom. The van der Waals surface area contributed by atoms with Crippen molar-refractivity contribution in [2.75, 3.05) is 13.2 Å². The normalized spacial score (nSPS) is 11.2. The Labute approximate surface area is 109 Å². The maximum absolute atomic E-state index is 12.8. The first-order valence-electron chi connectivity index (χ1n) is 5.93. The van der Waals surface area contributed by atoms with Crippen LogP contribution in [-0.2, 0) is 9.47 Å². The number of hydrogen-bond acceptors (Lipinski definition) is 6. The third-order valence-electron chi connectivity index (χ3n) is 2.24. The highest BCUT2D eigenvalue weighted by molar-refractivity contribution is 5.47. The Bertz CT molecular complexity index is 509. The summed E-state index contributed by atoms with van der Waals surface area (Å²) in [6, 6.07) is 2.75. The topological polar surface area (TPSA) is 70.3 Å². The lowest BCUT2D eigenvalue weighted by Crippen LogP contribution is -2.09. The van der Waals surface area contributed by atoms with Crippen LogP contribution in [-0.4, -0.2) is 28.3 Å². The third kappa shape index (κ3) is 3.33. The van der Waals surface area contributed by atoms with Gasteiger partial charge in [-0.2, -0.15) is 4.98 Å². The summed E-state index contributed by atoms with van der Waals surface area (Å²) in [5, 5.41) is 3.77. The number of aromatic nitrogens is 3. The largest absolute Gasteiger partial charge is 0.345 e. The van der Waals surface area contributed by atoms with Gasteiger partial charge >= 0.3 is 0 Å². The molecule has 0 aliphatic heterocycles. The van der Waals surface area contributed by atoms with Crippen LogP contribution in [0.5, 0.6) is 0 Å². The highest BCUT2D eigenvalue weighted by Crippen LogP contribution is 2.20. The molecule has 102 valence electrons. The lowest BCUT2D eigenvalue weighted by molar-refractivity contribution is -0.155. The van der Waals surface area contributed by atoms with Gasteiger partial charge in [-0.15, -0.1) is 0 Å². The zero-order valence-corrected chi connectivity index (χ0v) is 10.7. The number of nitrogens with zero attached hydrogens (tertiary/aromatic N) is 3. The second kappa shape index (κ2) is 6.35. The zero-order chi connectivity index (χ0) is 13.7. The number of rotatable bonds is 6. The second-order valence-electron chi connectivity index (χ2n) is 3.56. The molecule has 2 aromatic heterocycles. The highest BCUT2D eigenvalue weighted by atomic mass is 19.1. The van der Waals surface area contributed by atoms with Gasteiger partial charge in [-0.05, 0) is 26.0 Å². The van der Waals surface area contributed by atoms with E-state index in [1.165, 1.54) is 12.1 Å². The fourth-order valence-electron chi connectivity index (χ4n) is 1.44. The first-order valence-corrected chi connectivity index (χ1v) is 5.93. The van der Waals surface area contributed by atoms with Crippen molar-refractivity contribution in [3.63, 3.8) is 0 Å². The van der Waals surface area contributed by atoms with Crippen LogP contribution in [0.3, 0.4) is 0 Å². The van der Waals surface area contributed by atoms with Crippen molar-refractivity contribution in [3.8, 4) is 11.5 Å². The number of ether oxygens (including phenoxy) is 2. The summed E-state index contributed by atoms with van der Waals surface area (Å²) in [6.07, 6.45) is 0.394. The van der Waals surface area contributed by atoms with Gasteiger partial charge in [0.15, 0.2) is 0 Å². The quantitative estimate of drug-likeness (QED) is 0.748. The fourth-order valence-corrected chi connectivity index (χ4v) is 1.44. The number of pyridine rings is 1. The van der Waals surface area contributed by atoms with Crippen molar-refractivity contribution in [1.82, 2.24) is 15.1 Å². The Morgan fingerprint density at radius 3 is 2.58 bits per heavy atom. The summed E-state index contributed by atoms with van der Waals surface area (Å²) >= 11 is 0. The van der Waals surface area contributed by atoms with Gasteiger partial charge in [0.2, 0.25) is 12.1 Å². The molecule has 0 fully saturated rings. The third-order valence-corrected chi connectivity index (χ3v) is 2.24. The van der Waals surface area contributed by atoms with Crippen LogP contribution in [0.15, 0.2) is 22.9 Å². The molecular weight excluding hydrogens is 253 g/mol. The average Bonchev–Trinajstić information content (AvgIpc) is 2.89. The molecule has 0 aliphatic rings. The van der Waals surface area contributed by atoms with E-state index in [2.05, 4.69) is 15.1 Å². The van der Waals surface area contributed by atoms with Crippen molar-refractivity contribution in [2.24, 2.45) is 0 Å². The van der Waals surface area contributed by atoms with E-state index in [0.717, 1.165) is 6.20 Å². The van der Waals surface area contributed by atoms with E-state index in [9.17, 15) is 4.39 Å². The van der Waals surface area contributed by atoms with Crippen LogP contribution in [0.25, 0.3) is 11.5 Å². The minimum absolute atomic E-state index is 0.213. The van der Waals surface area contributed by atoms with Gasteiger partial charge in [0.1, 0.15) is 11.5 Å². The standard InChI is InChI=1S/C12H14FN3O3/c1-3-17-12(18-4-2)11-15-10(16-19-11)9-6-5-8(13)7-14-9/h5-7,12H,3-4H2,1-2H3. The van der Waals surface area contributed by atoms with Crippen molar-refractivity contribution < 1.29 is 18.4 Å². The molecule has 0 bridgehead atoms. The van der Waals surface area contributed by atoms with Gasteiger partial charge in [-0.25, -0.2) is 9.37 Å². The SMILES string of the molecule is CCOC(OCC)c1nc(-c2ccc(F)cn2)no1. The van der Waals surface area contributed by atoms with E-state index >= 15 is 0 Å². The molecule has 0 aromatic carbocycles. The molecule has 2 aromatic rings. The van der Waals surface area contributed by atoms with Crippen LogP contribution in [0.2, 0.25) is 0 Å². The smallest absolute Gasteiger partial charge is 0.284 e. The molecule has 2 rings (SSSR count). The molecule has 0 atom stereocenters. The van der Waals surface area contributed by atoms with E-state index in [0.29, 0.717) is 18.9 Å². The van der Waals surface area contributed by atoms with E-state index < -0.39 is 12.1 Å². The molecule has 2 heterocycles. The van der Waals surface area contributed by atoms with Gasteiger partial charge in [0.25, 0.3) is 5.89 Å².